The zero-order valence-corrected chi connectivity index (χ0v) is 22.7. The first-order chi connectivity index (χ1) is 16.9. The van der Waals surface area contributed by atoms with E-state index in [4.69, 9.17) is 27.9 Å². The van der Waals surface area contributed by atoms with Gasteiger partial charge in [-0.3, -0.25) is 9.59 Å². The molecule has 0 heterocycles. The number of nitrogens with one attached hydrogen (secondary N) is 1. The van der Waals surface area contributed by atoms with Crippen LogP contribution in [0, 0.1) is 0 Å². The van der Waals surface area contributed by atoms with Crippen molar-refractivity contribution in [2.24, 2.45) is 0 Å². The summed E-state index contributed by atoms with van der Waals surface area (Å²) in [5, 5.41) is 4.39. The first-order valence-corrected chi connectivity index (χ1v) is 14.1. The van der Waals surface area contributed by atoms with Crippen molar-refractivity contribution in [1.82, 2.24) is 10.2 Å². The smallest absolute Gasteiger partial charge is 0.243 e. The van der Waals surface area contributed by atoms with E-state index in [1.54, 1.807) is 30.2 Å². The fourth-order valence-corrected chi connectivity index (χ4v) is 6.07. The summed E-state index contributed by atoms with van der Waals surface area (Å²) in [5.74, 6) is 1.29. The van der Waals surface area contributed by atoms with Crippen LogP contribution >= 0.6 is 35.0 Å². The minimum atomic E-state index is -0.542. The second-order valence-corrected chi connectivity index (χ2v) is 10.6. The highest BCUT2D eigenvalue weighted by Crippen LogP contribution is 2.29. The monoisotopic (exact) mass is 536 g/mol. The van der Waals surface area contributed by atoms with E-state index in [0.29, 0.717) is 28.8 Å². The molecular formula is C27H34Cl2N2O3S. The summed E-state index contributed by atoms with van der Waals surface area (Å²) in [7, 11) is 1.62. The van der Waals surface area contributed by atoms with Crippen molar-refractivity contribution in [3.63, 3.8) is 0 Å². The number of hydrogen-bond donors (Lipinski definition) is 1. The van der Waals surface area contributed by atoms with Gasteiger partial charge in [0.05, 0.1) is 12.9 Å². The highest BCUT2D eigenvalue weighted by atomic mass is 35.5. The first kappa shape index (κ1) is 27.7. The van der Waals surface area contributed by atoms with Crippen LogP contribution in [-0.2, 0) is 21.9 Å². The zero-order valence-electron chi connectivity index (χ0n) is 20.4. The Bertz CT molecular complexity index is 978. The molecule has 0 aliphatic heterocycles. The van der Waals surface area contributed by atoms with Crippen LogP contribution in [0.4, 0.5) is 0 Å². The number of carbonyl (C=O) groups excluding carboxylic acids is 2. The topological polar surface area (TPSA) is 58.6 Å². The molecule has 190 valence electrons. The molecule has 0 saturated heterocycles. The van der Waals surface area contributed by atoms with E-state index in [-0.39, 0.29) is 23.6 Å². The third kappa shape index (κ3) is 8.06. The SMILES string of the molecule is CCC(C(=O)NC1CCCCC1)N(Cc1cccc(OC)c1)C(=O)CSCc1c(Cl)cccc1Cl. The molecule has 1 atom stereocenters. The predicted octanol–water partition coefficient (Wildman–Crippen LogP) is 6.49. The number of amides is 2. The largest absolute Gasteiger partial charge is 0.497 e. The standard InChI is InChI=1S/C27H34Cl2N2O3S/c1-3-25(27(33)30-20-10-5-4-6-11-20)31(16-19-9-7-12-21(15-19)34-2)26(32)18-35-17-22-23(28)13-8-14-24(22)29/h7-9,12-15,20,25H,3-6,10-11,16-18H2,1-2H3,(H,30,33). The molecule has 1 aliphatic carbocycles. The minimum Gasteiger partial charge on any atom is -0.497 e. The normalized spacial score (nSPS) is 14.9. The Morgan fingerprint density at radius 2 is 1.80 bits per heavy atom. The summed E-state index contributed by atoms with van der Waals surface area (Å²) in [6.07, 6.45) is 6.03. The molecule has 0 radical (unpaired) electrons. The number of hydrogen-bond acceptors (Lipinski definition) is 4. The van der Waals surface area contributed by atoms with Crippen LogP contribution in [0.3, 0.4) is 0 Å². The van der Waals surface area contributed by atoms with Crippen molar-refractivity contribution in [3.8, 4) is 5.75 Å². The summed E-state index contributed by atoms with van der Waals surface area (Å²) < 4.78 is 5.36. The van der Waals surface area contributed by atoms with Crippen LogP contribution in [0.1, 0.15) is 56.6 Å². The van der Waals surface area contributed by atoms with Crippen molar-refractivity contribution >= 4 is 46.8 Å². The first-order valence-electron chi connectivity index (χ1n) is 12.2. The maximum atomic E-state index is 13.5. The number of benzene rings is 2. The van der Waals surface area contributed by atoms with Crippen molar-refractivity contribution in [3.05, 3.63) is 63.6 Å². The van der Waals surface area contributed by atoms with E-state index in [0.717, 1.165) is 42.6 Å². The van der Waals surface area contributed by atoms with Crippen LogP contribution < -0.4 is 10.1 Å². The molecule has 1 N–H and O–H groups in total. The molecule has 5 nitrogen and oxygen atoms in total. The molecule has 0 spiro atoms. The summed E-state index contributed by atoms with van der Waals surface area (Å²) in [6.45, 7) is 2.29. The van der Waals surface area contributed by atoms with E-state index < -0.39 is 6.04 Å². The van der Waals surface area contributed by atoms with Crippen LogP contribution in [0.2, 0.25) is 10.0 Å². The van der Waals surface area contributed by atoms with E-state index in [9.17, 15) is 9.59 Å². The zero-order chi connectivity index (χ0) is 25.2. The molecule has 1 unspecified atom stereocenters. The molecule has 0 aromatic heterocycles. The summed E-state index contributed by atoms with van der Waals surface area (Å²) in [5.41, 5.74) is 1.73. The third-order valence-electron chi connectivity index (χ3n) is 6.36. The molecular weight excluding hydrogens is 503 g/mol. The van der Waals surface area contributed by atoms with Gasteiger partial charge in [0, 0.05) is 28.4 Å². The lowest BCUT2D eigenvalue weighted by Crippen LogP contribution is -2.52. The Morgan fingerprint density at radius 1 is 1.11 bits per heavy atom. The number of nitrogens with zero attached hydrogens (tertiary/aromatic N) is 1. The number of methoxy groups -OCH3 is 1. The molecule has 0 bridgehead atoms. The lowest BCUT2D eigenvalue weighted by atomic mass is 9.95. The lowest BCUT2D eigenvalue weighted by Gasteiger charge is -2.33. The van der Waals surface area contributed by atoms with Gasteiger partial charge in [-0.25, -0.2) is 0 Å². The summed E-state index contributed by atoms with van der Waals surface area (Å²) >= 11 is 14.0. The molecule has 2 aromatic rings. The predicted molar refractivity (Wildman–Crippen MR) is 145 cm³/mol. The molecule has 2 aromatic carbocycles. The maximum Gasteiger partial charge on any atom is 0.243 e. The number of halogens is 2. The minimum absolute atomic E-state index is 0.0743. The van der Waals surface area contributed by atoms with Crippen molar-refractivity contribution in [2.45, 2.75) is 69.8 Å². The van der Waals surface area contributed by atoms with Crippen LogP contribution in [0.5, 0.6) is 5.75 Å². The molecule has 2 amide bonds. The Balaban J connectivity index is 1.74. The van der Waals surface area contributed by atoms with Gasteiger partial charge >= 0.3 is 0 Å². The van der Waals surface area contributed by atoms with Crippen molar-refractivity contribution < 1.29 is 14.3 Å². The summed E-state index contributed by atoms with van der Waals surface area (Å²) in [6, 6.07) is 12.7. The summed E-state index contributed by atoms with van der Waals surface area (Å²) in [4.78, 5) is 28.5. The van der Waals surface area contributed by atoms with Gasteiger partial charge < -0.3 is 15.0 Å². The third-order valence-corrected chi connectivity index (χ3v) is 8.01. The van der Waals surface area contributed by atoms with E-state index >= 15 is 0 Å². The highest BCUT2D eigenvalue weighted by Gasteiger charge is 2.30. The molecule has 1 fully saturated rings. The van der Waals surface area contributed by atoms with Crippen molar-refractivity contribution in [1.29, 1.82) is 0 Å². The van der Waals surface area contributed by atoms with Gasteiger partial charge in [-0.1, -0.05) is 67.6 Å². The van der Waals surface area contributed by atoms with Gasteiger partial charge in [0.2, 0.25) is 11.8 Å². The van der Waals surface area contributed by atoms with Gasteiger partial charge in [0.15, 0.2) is 0 Å². The van der Waals surface area contributed by atoms with Gasteiger partial charge in [-0.05, 0) is 54.7 Å². The average molecular weight is 538 g/mol. The number of carbonyl (C=O) groups is 2. The fourth-order valence-electron chi connectivity index (χ4n) is 4.42. The van der Waals surface area contributed by atoms with E-state index in [1.807, 2.05) is 31.2 Å². The number of rotatable bonds is 11. The Morgan fingerprint density at radius 3 is 2.46 bits per heavy atom. The Hall–Kier alpha value is -1.89. The van der Waals surface area contributed by atoms with Crippen LogP contribution in [-0.4, -0.2) is 41.7 Å². The van der Waals surface area contributed by atoms with Crippen molar-refractivity contribution in [2.75, 3.05) is 12.9 Å². The molecule has 35 heavy (non-hydrogen) atoms. The average Bonchev–Trinajstić information content (AvgIpc) is 2.86. The van der Waals surface area contributed by atoms with Gasteiger partial charge in [0.1, 0.15) is 11.8 Å². The number of thioether (sulfide) groups is 1. The molecule has 1 aliphatic rings. The Labute approximate surface area is 222 Å². The molecule has 3 rings (SSSR count). The highest BCUT2D eigenvalue weighted by molar-refractivity contribution is 7.99. The van der Waals surface area contributed by atoms with Crippen LogP contribution in [0.15, 0.2) is 42.5 Å². The number of ether oxygens (including phenoxy) is 1. The van der Waals surface area contributed by atoms with E-state index in [2.05, 4.69) is 5.32 Å². The fraction of sp³-hybridized carbons (Fsp3) is 0.481. The molecule has 8 heteroatoms. The second-order valence-electron chi connectivity index (χ2n) is 8.83. The maximum absolute atomic E-state index is 13.5. The quantitative estimate of drug-likeness (QED) is 0.356. The van der Waals surface area contributed by atoms with Gasteiger partial charge in [-0.2, -0.15) is 0 Å². The lowest BCUT2D eigenvalue weighted by molar-refractivity contribution is -0.139. The van der Waals surface area contributed by atoms with E-state index in [1.165, 1.54) is 18.2 Å². The second kappa shape index (κ2) is 14.0. The molecule has 1 saturated carbocycles. The van der Waals surface area contributed by atoms with Crippen LogP contribution in [0.25, 0.3) is 0 Å². The van der Waals surface area contributed by atoms with Gasteiger partial charge in [0.25, 0.3) is 0 Å². The van der Waals surface area contributed by atoms with Gasteiger partial charge in [-0.15, -0.1) is 11.8 Å². The Kier molecular flexibility index (Phi) is 11.1.